The van der Waals surface area contributed by atoms with Gasteiger partial charge in [-0.05, 0) is 48.6 Å². The summed E-state index contributed by atoms with van der Waals surface area (Å²) in [6, 6.07) is 5.64. The largest absolute Gasteiger partial charge is 0.350 e. The van der Waals surface area contributed by atoms with Crippen molar-refractivity contribution in [3.63, 3.8) is 0 Å². The maximum absolute atomic E-state index is 6.19. The quantitative estimate of drug-likeness (QED) is 0.446. The number of hydrogen-bond acceptors (Lipinski definition) is 7. The average Bonchev–Trinajstić information content (AvgIpc) is 3.22. The summed E-state index contributed by atoms with van der Waals surface area (Å²) in [6.07, 6.45) is 8.25. The van der Waals surface area contributed by atoms with E-state index in [1.807, 2.05) is 18.2 Å². The molecule has 3 aromatic rings. The smallest absolute Gasteiger partial charge is 0.224 e. The lowest BCUT2D eigenvalue weighted by Crippen LogP contribution is -2.37. The number of rotatable bonds is 6. The first-order valence-corrected chi connectivity index (χ1v) is 9.30. The van der Waals surface area contributed by atoms with Gasteiger partial charge in [-0.2, -0.15) is 10.1 Å². The molecule has 1 atom stereocenters. The van der Waals surface area contributed by atoms with Crippen LogP contribution >= 0.6 is 11.6 Å². The lowest BCUT2D eigenvalue weighted by molar-refractivity contribution is 0.599. The highest BCUT2D eigenvalue weighted by atomic mass is 35.5. The Kier molecular flexibility index (Phi) is 4.06. The van der Waals surface area contributed by atoms with E-state index in [1.165, 1.54) is 18.5 Å². The van der Waals surface area contributed by atoms with Gasteiger partial charge in [-0.3, -0.25) is 5.10 Å². The molecule has 1 aromatic carbocycles. The molecule has 0 spiro atoms. The molecule has 8 nitrogen and oxygen atoms in total. The Morgan fingerprint density at radius 1 is 1.26 bits per heavy atom. The summed E-state index contributed by atoms with van der Waals surface area (Å²) in [4.78, 5) is 8.84. The van der Waals surface area contributed by atoms with Gasteiger partial charge in [0.15, 0.2) is 0 Å². The number of allylic oxidation sites excluding steroid dienone is 1. The summed E-state index contributed by atoms with van der Waals surface area (Å²) < 4.78 is 0. The van der Waals surface area contributed by atoms with Crippen LogP contribution in [0, 0.1) is 5.92 Å². The van der Waals surface area contributed by atoms with E-state index in [1.54, 1.807) is 12.4 Å². The van der Waals surface area contributed by atoms with Gasteiger partial charge in [-0.1, -0.05) is 11.6 Å². The summed E-state index contributed by atoms with van der Waals surface area (Å²) in [5, 5.41) is 15.3. The standard InChI is InChI=1S/C18H19ClN8/c19-12-5-11(13-9-22-25-15(13)6-12)8-21-18-20-4-3-16(24-18)23-17-7-14(26-27-17)10-1-2-10/h3-7,9-10,17,26-27H,1-2,8H2,(H,22,25)(H2,20,21,23,24). The Labute approximate surface area is 160 Å². The number of nitrogens with one attached hydrogen (secondary N) is 5. The number of anilines is 2. The molecule has 1 unspecified atom stereocenters. The van der Waals surface area contributed by atoms with Crippen LogP contribution < -0.4 is 21.5 Å². The molecule has 0 amide bonds. The van der Waals surface area contributed by atoms with Gasteiger partial charge < -0.3 is 16.1 Å². The molecule has 9 heteroatoms. The van der Waals surface area contributed by atoms with E-state index in [2.05, 4.69) is 47.7 Å². The van der Waals surface area contributed by atoms with E-state index in [4.69, 9.17) is 11.6 Å². The third-order valence-corrected chi connectivity index (χ3v) is 4.96. The van der Waals surface area contributed by atoms with Gasteiger partial charge in [-0.25, -0.2) is 10.4 Å². The third kappa shape index (κ3) is 3.54. The van der Waals surface area contributed by atoms with Crippen molar-refractivity contribution in [1.82, 2.24) is 31.0 Å². The number of fused-ring (bicyclic) bond motifs is 1. The van der Waals surface area contributed by atoms with E-state index < -0.39 is 0 Å². The maximum Gasteiger partial charge on any atom is 0.224 e. The predicted molar refractivity (Wildman–Crippen MR) is 105 cm³/mol. The van der Waals surface area contributed by atoms with Crippen molar-refractivity contribution in [2.24, 2.45) is 5.92 Å². The van der Waals surface area contributed by atoms with Gasteiger partial charge in [0.25, 0.3) is 0 Å². The highest BCUT2D eigenvalue weighted by Gasteiger charge is 2.29. The van der Waals surface area contributed by atoms with Crippen molar-refractivity contribution in [3.05, 3.63) is 53.0 Å². The monoisotopic (exact) mass is 382 g/mol. The lowest BCUT2D eigenvalue weighted by Gasteiger charge is -2.13. The Morgan fingerprint density at radius 2 is 2.19 bits per heavy atom. The van der Waals surface area contributed by atoms with Crippen molar-refractivity contribution in [2.45, 2.75) is 25.6 Å². The van der Waals surface area contributed by atoms with Crippen LogP contribution in [-0.2, 0) is 6.54 Å². The Morgan fingerprint density at radius 3 is 3.07 bits per heavy atom. The average molecular weight is 383 g/mol. The Bertz CT molecular complexity index is 1010. The van der Waals surface area contributed by atoms with Gasteiger partial charge in [0.2, 0.25) is 5.95 Å². The summed E-state index contributed by atoms with van der Waals surface area (Å²) in [6.45, 7) is 0.551. The molecule has 0 saturated heterocycles. The molecule has 5 N–H and O–H groups in total. The Balaban J connectivity index is 1.27. The van der Waals surface area contributed by atoms with Crippen molar-refractivity contribution < 1.29 is 0 Å². The molecular formula is C18H19ClN8. The second kappa shape index (κ2) is 6.71. The van der Waals surface area contributed by atoms with E-state index in [-0.39, 0.29) is 6.17 Å². The van der Waals surface area contributed by atoms with E-state index in [0.29, 0.717) is 23.4 Å². The first-order chi connectivity index (χ1) is 13.2. The molecule has 2 aliphatic rings. The number of benzene rings is 1. The first-order valence-electron chi connectivity index (χ1n) is 8.93. The fraction of sp³-hybridized carbons (Fsp3) is 0.278. The van der Waals surface area contributed by atoms with Crippen LogP contribution in [-0.4, -0.2) is 26.3 Å². The topological polar surface area (TPSA) is 103 Å². The van der Waals surface area contributed by atoms with Crippen molar-refractivity contribution >= 4 is 34.3 Å². The van der Waals surface area contributed by atoms with E-state index in [0.717, 1.165) is 22.3 Å². The molecule has 2 aromatic heterocycles. The molecule has 3 heterocycles. The number of hydrogen-bond donors (Lipinski definition) is 5. The van der Waals surface area contributed by atoms with Gasteiger partial charge >= 0.3 is 0 Å². The molecule has 1 aliphatic carbocycles. The fourth-order valence-electron chi connectivity index (χ4n) is 3.22. The third-order valence-electron chi connectivity index (χ3n) is 4.74. The minimum absolute atomic E-state index is 0.0156. The minimum atomic E-state index is 0.0156. The maximum atomic E-state index is 6.19. The van der Waals surface area contributed by atoms with Crippen LogP contribution in [0.3, 0.4) is 0 Å². The van der Waals surface area contributed by atoms with Crippen LogP contribution in [0.5, 0.6) is 0 Å². The zero-order chi connectivity index (χ0) is 18.2. The van der Waals surface area contributed by atoms with Gasteiger partial charge in [0.05, 0.1) is 11.7 Å². The van der Waals surface area contributed by atoms with Crippen LogP contribution in [0.1, 0.15) is 18.4 Å². The molecule has 1 aliphatic heterocycles. The van der Waals surface area contributed by atoms with Gasteiger partial charge in [0, 0.05) is 28.8 Å². The van der Waals surface area contributed by atoms with Crippen molar-refractivity contribution in [2.75, 3.05) is 10.6 Å². The second-order valence-corrected chi connectivity index (χ2v) is 7.24. The normalized spacial score (nSPS) is 19.0. The van der Waals surface area contributed by atoms with Crippen molar-refractivity contribution in [3.8, 4) is 0 Å². The van der Waals surface area contributed by atoms with Crippen molar-refractivity contribution in [1.29, 1.82) is 0 Å². The molecule has 0 bridgehead atoms. The molecule has 1 saturated carbocycles. The summed E-state index contributed by atoms with van der Waals surface area (Å²) in [5.41, 5.74) is 9.67. The molecule has 5 rings (SSSR count). The summed E-state index contributed by atoms with van der Waals surface area (Å²) in [7, 11) is 0. The minimum Gasteiger partial charge on any atom is -0.350 e. The number of aromatic nitrogens is 4. The molecule has 0 radical (unpaired) electrons. The highest BCUT2D eigenvalue weighted by Crippen LogP contribution is 2.36. The summed E-state index contributed by atoms with van der Waals surface area (Å²) >= 11 is 6.19. The van der Waals surface area contributed by atoms with Crippen LogP contribution in [0.25, 0.3) is 10.9 Å². The second-order valence-electron chi connectivity index (χ2n) is 6.80. The number of nitrogens with zero attached hydrogens (tertiary/aromatic N) is 3. The van der Waals surface area contributed by atoms with Crippen LogP contribution in [0.4, 0.5) is 11.8 Å². The Hall–Kier alpha value is -2.84. The van der Waals surface area contributed by atoms with Crippen LogP contribution in [0.15, 0.2) is 42.4 Å². The van der Waals surface area contributed by atoms with E-state index >= 15 is 0 Å². The number of aromatic amines is 1. The molecular weight excluding hydrogens is 364 g/mol. The van der Waals surface area contributed by atoms with Crippen LogP contribution in [0.2, 0.25) is 5.02 Å². The predicted octanol–water partition coefficient (Wildman–Crippen LogP) is 2.76. The lowest BCUT2D eigenvalue weighted by atomic mass is 10.1. The number of halogens is 1. The molecule has 138 valence electrons. The summed E-state index contributed by atoms with van der Waals surface area (Å²) in [5.74, 6) is 1.98. The highest BCUT2D eigenvalue weighted by molar-refractivity contribution is 6.31. The first kappa shape index (κ1) is 16.3. The fourth-order valence-corrected chi connectivity index (χ4v) is 3.46. The SMILES string of the molecule is Clc1cc(CNc2nccc(NC3C=C(C4CC4)NN3)n2)c2cn[nH]c2c1. The molecule has 1 fully saturated rings. The number of hydrazine groups is 1. The van der Waals surface area contributed by atoms with Gasteiger partial charge in [0.1, 0.15) is 12.0 Å². The zero-order valence-corrected chi connectivity index (χ0v) is 15.2. The van der Waals surface area contributed by atoms with E-state index in [9.17, 15) is 0 Å². The zero-order valence-electron chi connectivity index (χ0n) is 14.5. The number of H-pyrrole nitrogens is 1. The van der Waals surface area contributed by atoms with Gasteiger partial charge in [-0.15, -0.1) is 0 Å². The molecule has 27 heavy (non-hydrogen) atoms.